The molecule has 100 valence electrons. The third-order valence-electron chi connectivity index (χ3n) is 2.49. The van der Waals surface area contributed by atoms with Crippen LogP contribution in [0.5, 0.6) is 11.6 Å². The molecule has 0 bridgehead atoms. The molecule has 0 aliphatic rings. The molecule has 5 nitrogen and oxygen atoms in total. The van der Waals surface area contributed by atoms with Crippen LogP contribution in [-0.2, 0) is 6.61 Å². The summed E-state index contributed by atoms with van der Waals surface area (Å²) in [5, 5.41) is 12.1. The summed E-state index contributed by atoms with van der Waals surface area (Å²) >= 11 is 0. The quantitative estimate of drug-likeness (QED) is 0.834. The topological polar surface area (TPSA) is 67.3 Å². The predicted octanol–water partition coefficient (Wildman–Crippen LogP) is 2.58. The fraction of sp³-hybridized carbons (Fsp3) is 0.286. The molecule has 0 atom stereocenters. The fourth-order valence-corrected chi connectivity index (χ4v) is 1.50. The highest BCUT2D eigenvalue weighted by atomic mass is 16.5. The minimum Gasteiger partial charge on any atom is -0.439 e. The summed E-state index contributed by atoms with van der Waals surface area (Å²) < 4.78 is 5.63. The second kappa shape index (κ2) is 6.70. The molecule has 0 aliphatic heterocycles. The molecule has 0 saturated carbocycles. The van der Waals surface area contributed by atoms with E-state index in [1.54, 1.807) is 24.4 Å². The summed E-state index contributed by atoms with van der Waals surface area (Å²) in [7, 11) is 0. The highest BCUT2D eigenvalue weighted by molar-refractivity contribution is 5.32. The van der Waals surface area contributed by atoms with Crippen LogP contribution in [-0.4, -0.2) is 21.6 Å². The van der Waals surface area contributed by atoms with Gasteiger partial charge in [-0.25, -0.2) is 4.98 Å². The zero-order chi connectivity index (χ0) is 13.5. The first kappa shape index (κ1) is 13.3. The largest absolute Gasteiger partial charge is 0.439 e. The molecule has 2 aromatic rings. The van der Waals surface area contributed by atoms with Gasteiger partial charge in [0.15, 0.2) is 0 Å². The van der Waals surface area contributed by atoms with Gasteiger partial charge in [0.05, 0.1) is 6.61 Å². The molecule has 0 radical (unpaired) electrons. The van der Waals surface area contributed by atoms with Crippen LogP contribution in [0.2, 0.25) is 0 Å². The number of rotatable bonds is 6. The molecule has 0 saturated heterocycles. The van der Waals surface area contributed by atoms with Crippen molar-refractivity contribution in [3.63, 3.8) is 0 Å². The first-order valence-electron chi connectivity index (χ1n) is 6.26. The summed E-state index contributed by atoms with van der Waals surface area (Å²) in [6.45, 7) is 2.93. The average Bonchev–Trinajstić information content (AvgIpc) is 2.46. The third-order valence-corrected chi connectivity index (χ3v) is 2.49. The van der Waals surface area contributed by atoms with E-state index < -0.39 is 0 Å². The first-order chi connectivity index (χ1) is 9.31. The van der Waals surface area contributed by atoms with Gasteiger partial charge in [-0.1, -0.05) is 19.1 Å². The van der Waals surface area contributed by atoms with E-state index in [4.69, 9.17) is 9.84 Å². The van der Waals surface area contributed by atoms with Gasteiger partial charge in [-0.05, 0) is 24.1 Å². The fourth-order valence-electron chi connectivity index (χ4n) is 1.50. The molecule has 0 amide bonds. The number of nitrogens with one attached hydrogen (secondary N) is 1. The minimum atomic E-state index is 0.0267. The number of anilines is 1. The Morgan fingerprint density at radius 3 is 2.68 bits per heavy atom. The lowest BCUT2D eigenvalue weighted by atomic mass is 10.2. The second-order valence-electron chi connectivity index (χ2n) is 4.05. The molecular weight excluding hydrogens is 242 g/mol. The average molecular weight is 259 g/mol. The molecule has 2 rings (SSSR count). The number of nitrogens with zero attached hydrogens (tertiary/aromatic N) is 2. The summed E-state index contributed by atoms with van der Waals surface area (Å²) in [6, 6.07) is 8.93. The third kappa shape index (κ3) is 3.93. The Balaban J connectivity index is 2.05. The van der Waals surface area contributed by atoms with Crippen LogP contribution < -0.4 is 10.1 Å². The zero-order valence-electron chi connectivity index (χ0n) is 10.8. The summed E-state index contributed by atoms with van der Waals surface area (Å²) in [5.41, 5.74) is 0.848. The highest BCUT2D eigenvalue weighted by Gasteiger charge is 2.01. The number of benzene rings is 1. The Kier molecular flexibility index (Phi) is 4.69. The van der Waals surface area contributed by atoms with E-state index in [2.05, 4.69) is 22.2 Å². The van der Waals surface area contributed by atoms with Gasteiger partial charge in [0.1, 0.15) is 5.75 Å². The molecule has 1 aromatic heterocycles. The van der Waals surface area contributed by atoms with Gasteiger partial charge in [-0.2, -0.15) is 4.98 Å². The van der Waals surface area contributed by atoms with Crippen molar-refractivity contribution in [2.24, 2.45) is 0 Å². The lowest BCUT2D eigenvalue weighted by Crippen LogP contribution is -2.04. The van der Waals surface area contributed by atoms with Crippen molar-refractivity contribution in [3.8, 4) is 11.6 Å². The molecule has 0 unspecified atom stereocenters. The number of hydrogen-bond donors (Lipinski definition) is 2. The van der Waals surface area contributed by atoms with Crippen molar-refractivity contribution in [2.75, 3.05) is 11.9 Å². The molecule has 0 spiro atoms. The van der Waals surface area contributed by atoms with Crippen LogP contribution in [0.3, 0.4) is 0 Å². The van der Waals surface area contributed by atoms with Crippen LogP contribution in [0, 0.1) is 0 Å². The number of aromatic nitrogens is 2. The number of ether oxygens (including phenoxy) is 1. The second-order valence-corrected chi connectivity index (χ2v) is 4.05. The maximum absolute atomic E-state index is 8.97. The van der Waals surface area contributed by atoms with Gasteiger partial charge in [-0.15, -0.1) is 0 Å². The molecule has 1 heterocycles. The maximum atomic E-state index is 8.97. The van der Waals surface area contributed by atoms with Gasteiger partial charge in [-0.3, -0.25) is 0 Å². The molecule has 0 fully saturated rings. The lowest BCUT2D eigenvalue weighted by Gasteiger charge is -2.07. The van der Waals surface area contributed by atoms with E-state index in [-0.39, 0.29) is 6.61 Å². The van der Waals surface area contributed by atoms with Crippen LogP contribution in [0.1, 0.15) is 18.9 Å². The first-order valence-corrected chi connectivity index (χ1v) is 6.26. The molecule has 5 heteroatoms. The molecule has 0 aliphatic carbocycles. The standard InChI is InChI=1S/C14H17N3O2/c1-2-8-15-14-16-9-7-13(17-14)19-12-5-3-11(10-18)4-6-12/h3-7,9,18H,2,8,10H2,1H3,(H,15,16,17). The Morgan fingerprint density at radius 1 is 1.21 bits per heavy atom. The zero-order valence-corrected chi connectivity index (χ0v) is 10.8. The Bertz CT molecular complexity index is 514. The van der Waals surface area contributed by atoms with Crippen molar-refractivity contribution in [1.82, 2.24) is 9.97 Å². The van der Waals surface area contributed by atoms with Gasteiger partial charge in [0, 0.05) is 18.8 Å². The predicted molar refractivity (Wildman–Crippen MR) is 73.3 cm³/mol. The van der Waals surface area contributed by atoms with Crippen molar-refractivity contribution >= 4 is 5.95 Å². The van der Waals surface area contributed by atoms with E-state index in [1.165, 1.54) is 0 Å². The van der Waals surface area contributed by atoms with E-state index in [0.29, 0.717) is 17.6 Å². The lowest BCUT2D eigenvalue weighted by molar-refractivity contribution is 0.281. The molecule has 2 N–H and O–H groups in total. The van der Waals surface area contributed by atoms with Crippen molar-refractivity contribution in [1.29, 1.82) is 0 Å². The minimum absolute atomic E-state index is 0.0267. The van der Waals surface area contributed by atoms with Gasteiger partial charge >= 0.3 is 0 Å². The number of aliphatic hydroxyl groups excluding tert-OH is 1. The van der Waals surface area contributed by atoms with Gasteiger partial charge in [0.2, 0.25) is 11.8 Å². The van der Waals surface area contributed by atoms with E-state index in [1.807, 2.05) is 12.1 Å². The van der Waals surface area contributed by atoms with Crippen LogP contribution in [0.4, 0.5) is 5.95 Å². The highest BCUT2D eigenvalue weighted by Crippen LogP contribution is 2.20. The Hall–Kier alpha value is -2.14. The Labute approximate surface area is 112 Å². The Morgan fingerprint density at radius 2 is 2.00 bits per heavy atom. The van der Waals surface area contributed by atoms with E-state index in [0.717, 1.165) is 18.5 Å². The van der Waals surface area contributed by atoms with Gasteiger partial charge < -0.3 is 15.2 Å². The SMILES string of the molecule is CCCNc1nccc(Oc2ccc(CO)cc2)n1. The summed E-state index contributed by atoms with van der Waals surface area (Å²) in [6.07, 6.45) is 2.67. The number of aliphatic hydroxyl groups is 1. The molecule has 1 aromatic carbocycles. The monoisotopic (exact) mass is 259 g/mol. The smallest absolute Gasteiger partial charge is 0.225 e. The van der Waals surface area contributed by atoms with E-state index >= 15 is 0 Å². The maximum Gasteiger partial charge on any atom is 0.225 e. The molecule has 19 heavy (non-hydrogen) atoms. The van der Waals surface area contributed by atoms with Crippen LogP contribution >= 0.6 is 0 Å². The van der Waals surface area contributed by atoms with Crippen molar-refractivity contribution in [2.45, 2.75) is 20.0 Å². The normalized spacial score (nSPS) is 10.2. The summed E-state index contributed by atoms with van der Waals surface area (Å²) in [5.74, 6) is 1.73. The summed E-state index contributed by atoms with van der Waals surface area (Å²) in [4.78, 5) is 8.36. The van der Waals surface area contributed by atoms with Crippen LogP contribution in [0.25, 0.3) is 0 Å². The number of hydrogen-bond acceptors (Lipinski definition) is 5. The van der Waals surface area contributed by atoms with Gasteiger partial charge in [0.25, 0.3) is 0 Å². The van der Waals surface area contributed by atoms with Crippen LogP contribution in [0.15, 0.2) is 36.5 Å². The van der Waals surface area contributed by atoms with Crippen molar-refractivity contribution in [3.05, 3.63) is 42.1 Å². The van der Waals surface area contributed by atoms with E-state index in [9.17, 15) is 0 Å². The van der Waals surface area contributed by atoms with Crippen molar-refractivity contribution < 1.29 is 9.84 Å². The molecular formula is C14H17N3O2.